The highest BCUT2D eigenvalue weighted by atomic mass is 16.2. The molecule has 26 heavy (non-hydrogen) atoms. The number of nitrogens with one attached hydrogen (secondary N) is 1. The van der Waals surface area contributed by atoms with Crippen molar-refractivity contribution in [1.82, 2.24) is 14.5 Å². The van der Waals surface area contributed by atoms with Crippen LogP contribution in [0.1, 0.15) is 52.4 Å². The van der Waals surface area contributed by atoms with E-state index in [-0.39, 0.29) is 23.9 Å². The maximum atomic E-state index is 12.8. The van der Waals surface area contributed by atoms with Crippen molar-refractivity contribution >= 4 is 22.7 Å². The molecule has 1 amide bonds. The highest BCUT2D eigenvalue weighted by Crippen LogP contribution is 2.30. The minimum absolute atomic E-state index is 0.0644. The summed E-state index contributed by atoms with van der Waals surface area (Å²) in [5, 5.41) is 2.99. The Kier molecular flexibility index (Phi) is 5.30. The zero-order valence-corrected chi connectivity index (χ0v) is 15.6. The number of hydrogen-bond acceptors (Lipinski definition) is 3. The van der Waals surface area contributed by atoms with Crippen LogP contribution < -0.4 is 11.0 Å². The number of carbonyl (C=O) groups excluding carboxylic acids is 2. The van der Waals surface area contributed by atoms with Crippen molar-refractivity contribution in [3.8, 4) is 0 Å². The molecule has 0 aliphatic heterocycles. The lowest BCUT2D eigenvalue weighted by Gasteiger charge is -2.36. The lowest BCUT2D eigenvalue weighted by atomic mass is 9.77. The van der Waals surface area contributed by atoms with Crippen LogP contribution in [0.5, 0.6) is 0 Å². The number of rotatable bonds is 6. The molecule has 6 heteroatoms. The molecule has 6 nitrogen and oxygen atoms in total. The van der Waals surface area contributed by atoms with Gasteiger partial charge in [-0.05, 0) is 31.9 Å². The number of ketones is 1. The van der Waals surface area contributed by atoms with E-state index in [0.717, 1.165) is 30.3 Å². The first-order valence-corrected chi connectivity index (χ1v) is 9.55. The van der Waals surface area contributed by atoms with Crippen molar-refractivity contribution < 1.29 is 9.59 Å². The third kappa shape index (κ3) is 3.20. The molecule has 1 aliphatic carbocycles. The number of amides is 1. The van der Waals surface area contributed by atoms with Crippen LogP contribution in [0.4, 0.5) is 0 Å². The molecule has 1 fully saturated rings. The molecule has 1 aromatic heterocycles. The SMILES string of the molecule is CCC(=O)C1(NC(=O)Cn2c(=O)n(CC)c3ccccc32)CCCCC1. The first kappa shape index (κ1) is 18.4. The quantitative estimate of drug-likeness (QED) is 0.864. The Hall–Kier alpha value is -2.37. The largest absolute Gasteiger partial charge is 0.342 e. The summed E-state index contributed by atoms with van der Waals surface area (Å²) in [5.74, 6) is -0.177. The molecule has 1 saturated carbocycles. The van der Waals surface area contributed by atoms with Crippen molar-refractivity contribution in [1.29, 1.82) is 0 Å². The Bertz CT molecular complexity index is 872. The van der Waals surface area contributed by atoms with Gasteiger partial charge >= 0.3 is 5.69 Å². The number of carbonyl (C=O) groups is 2. The van der Waals surface area contributed by atoms with Crippen molar-refractivity contribution in [3.05, 3.63) is 34.7 Å². The van der Waals surface area contributed by atoms with Crippen molar-refractivity contribution in [3.63, 3.8) is 0 Å². The van der Waals surface area contributed by atoms with Gasteiger partial charge in [-0.2, -0.15) is 0 Å². The van der Waals surface area contributed by atoms with Gasteiger partial charge in [0.2, 0.25) is 5.91 Å². The minimum atomic E-state index is -0.753. The molecule has 0 saturated heterocycles. The van der Waals surface area contributed by atoms with E-state index in [1.165, 1.54) is 4.57 Å². The summed E-state index contributed by atoms with van der Waals surface area (Å²) in [6, 6.07) is 7.48. The Morgan fingerprint density at radius 1 is 1.04 bits per heavy atom. The average molecular weight is 357 g/mol. The lowest BCUT2D eigenvalue weighted by Crippen LogP contribution is -2.56. The van der Waals surface area contributed by atoms with Crippen LogP contribution in [-0.2, 0) is 22.7 Å². The molecule has 0 radical (unpaired) electrons. The number of nitrogens with zero attached hydrogens (tertiary/aromatic N) is 2. The number of imidazole rings is 1. The van der Waals surface area contributed by atoms with Crippen LogP contribution in [0.15, 0.2) is 29.1 Å². The van der Waals surface area contributed by atoms with Gasteiger partial charge in [-0.3, -0.25) is 18.7 Å². The first-order valence-electron chi connectivity index (χ1n) is 9.55. The van der Waals surface area contributed by atoms with Crippen LogP contribution in [-0.4, -0.2) is 26.4 Å². The molecule has 3 rings (SSSR count). The predicted octanol–water partition coefficient (Wildman–Crippen LogP) is 2.62. The van der Waals surface area contributed by atoms with Crippen molar-refractivity contribution in [2.24, 2.45) is 0 Å². The molecule has 2 aromatic rings. The van der Waals surface area contributed by atoms with Crippen molar-refractivity contribution in [2.75, 3.05) is 0 Å². The Labute approximate surface area is 153 Å². The maximum Gasteiger partial charge on any atom is 0.329 e. The van der Waals surface area contributed by atoms with Gasteiger partial charge in [0, 0.05) is 13.0 Å². The summed E-state index contributed by atoms with van der Waals surface area (Å²) in [4.78, 5) is 38.0. The van der Waals surface area contributed by atoms with Gasteiger partial charge in [-0.1, -0.05) is 38.3 Å². The normalized spacial score (nSPS) is 16.5. The summed E-state index contributed by atoms with van der Waals surface area (Å²) in [5.41, 5.74) is 0.624. The van der Waals surface area contributed by atoms with Gasteiger partial charge in [0.25, 0.3) is 0 Å². The highest BCUT2D eigenvalue weighted by molar-refractivity contribution is 5.93. The summed E-state index contributed by atoms with van der Waals surface area (Å²) < 4.78 is 3.16. The molecule has 1 aromatic carbocycles. The van der Waals surface area contributed by atoms with E-state index in [2.05, 4.69) is 5.32 Å². The van der Waals surface area contributed by atoms with Gasteiger partial charge in [0.15, 0.2) is 5.78 Å². The predicted molar refractivity (Wildman–Crippen MR) is 101 cm³/mol. The van der Waals surface area contributed by atoms with Gasteiger partial charge in [0.1, 0.15) is 6.54 Å². The van der Waals surface area contributed by atoms with Crippen molar-refractivity contribution in [2.45, 2.75) is 71.0 Å². The second kappa shape index (κ2) is 7.48. The van der Waals surface area contributed by atoms with E-state index in [4.69, 9.17) is 0 Å². The number of Topliss-reactive ketones (excluding diaryl/α,β-unsaturated/α-hetero) is 1. The summed E-state index contributed by atoms with van der Waals surface area (Å²) in [6.07, 6.45) is 4.78. The second-order valence-electron chi connectivity index (χ2n) is 7.07. The number of aryl methyl sites for hydroxylation is 1. The van der Waals surface area contributed by atoms with Crippen LogP contribution in [0.25, 0.3) is 11.0 Å². The summed E-state index contributed by atoms with van der Waals surface area (Å²) >= 11 is 0. The monoisotopic (exact) mass is 357 g/mol. The fourth-order valence-corrected chi connectivity index (χ4v) is 4.15. The maximum absolute atomic E-state index is 12.8. The summed E-state index contributed by atoms with van der Waals surface area (Å²) in [7, 11) is 0. The second-order valence-corrected chi connectivity index (χ2v) is 7.07. The Balaban J connectivity index is 1.88. The van der Waals surface area contributed by atoms with Crippen LogP contribution >= 0.6 is 0 Å². The van der Waals surface area contributed by atoms with Gasteiger partial charge in [-0.15, -0.1) is 0 Å². The minimum Gasteiger partial charge on any atom is -0.342 e. The molecular weight excluding hydrogens is 330 g/mol. The fourth-order valence-electron chi connectivity index (χ4n) is 4.15. The molecule has 140 valence electrons. The zero-order chi connectivity index (χ0) is 18.7. The zero-order valence-electron chi connectivity index (χ0n) is 15.6. The van der Waals surface area contributed by atoms with E-state index in [1.54, 1.807) is 4.57 Å². The molecule has 0 spiro atoms. The highest BCUT2D eigenvalue weighted by Gasteiger charge is 2.39. The van der Waals surface area contributed by atoms with Gasteiger partial charge in [-0.25, -0.2) is 4.79 Å². The molecule has 0 unspecified atom stereocenters. The van der Waals surface area contributed by atoms with Gasteiger partial charge < -0.3 is 5.32 Å². The van der Waals surface area contributed by atoms with E-state index in [9.17, 15) is 14.4 Å². The molecular formula is C20H27N3O3. The molecule has 0 bridgehead atoms. The fraction of sp³-hybridized carbons (Fsp3) is 0.550. The van der Waals surface area contributed by atoms with Crippen LogP contribution in [0.3, 0.4) is 0 Å². The Morgan fingerprint density at radius 2 is 1.65 bits per heavy atom. The van der Waals surface area contributed by atoms with E-state index in [0.29, 0.717) is 25.8 Å². The topological polar surface area (TPSA) is 73.1 Å². The van der Waals surface area contributed by atoms with Crippen LogP contribution in [0.2, 0.25) is 0 Å². The summed E-state index contributed by atoms with van der Waals surface area (Å²) in [6.45, 7) is 4.23. The molecule has 0 atom stereocenters. The van der Waals surface area contributed by atoms with E-state index in [1.807, 2.05) is 38.1 Å². The van der Waals surface area contributed by atoms with E-state index >= 15 is 0 Å². The number of aromatic nitrogens is 2. The molecule has 1 N–H and O–H groups in total. The molecule has 1 heterocycles. The first-order chi connectivity index (χ1) is 12.5. The number of benzene rings is 1. The standard InChI is InChI=1S/C20H27N3O3/c1-3-17(24)20(12-8-5-9-13-20)21-18(25)14-23-16-11-7-6-10-15(16)22(4-2)19(23)26/h6-7,10-11H,3-5,8-9,12-14H2,1-2H3,(H,21,25). The Morgan fingerprint density at radius 3 is 2.23 bits per heavy atom. The third-order valence-electron chi connectivity index (χ3n) is 5.48. The number of para-hydroxylation sites is 2. The number of hydrogen-bond donors (Lipinski definition) is 1. The smallest absolute Gasteiger partial charge is 0.329 e. The van der Waals surface area contributed by atoms with Crippen LogP contribution in [0, 0.1) is 0 Å². The van der Waals surface area contributed by atoms with E-state index < -0.39 is 5.54 Å². The number of fused-ring (bicyclic) bond motifs is 1. The average Bonchev–Trinajstić information content (AvgIpc) is 2.93. The molecule has 1 aliphatic rings. The van der Waals surface area contributed by atoms with Gasteiger partial charge in [0.05, 0.1) is 16.6 Å². The third-order valence-corrected chi connectivity index (χ3v) is 5.48. The lowest BCUT2D eigenvalue weighted by molar-refractivity contribution is -0.133.